The van der Waals surface area contributed by atoms with E-state index in [2.05, 4.69) is 20.4 Å². The molecule has 7 heteroatoms. The summed E-state index contributed by atoms with van der Waals surface area (Å²) in [7, 11) is 0. The van der Waals surface area contributed by atoms with Crippen LogP contribution >= 0.6 is 0 Å². The van der Waals surface area contributed by atoms with Crippen molar-refractivity contribution in [3.8, 4) is 11.5 Å². The summed E-state index contributed by atoms with van der Waals surface area (Å²) in [5.41, 5.74) is 1.20. The average Bonchev–Trinajstić information content (AvgIpc) is 3.17. The number of aromatic nitrogens is 3. The zero-order chi connectivity index (χ0) is 13.8. The van der Waals surface area contributed by atoms with Crippen LogP contribution < -0.4 is 5.32 Å². The highest BCUT2D eigenvalue weighted by Gasteiger charge is 2.13. The Morgan fingerprint density at radius 2 is 2.10 bits per heavy atom. The molecular formula is C13H10N4O3. The minimum absolute atomic E-state index is 0.147. The lowest BCUT2D eigenvalue weighted by Crippen LogP contribution is -2.23. The van der Waals surface area contributed by atoms with E-state index in [-0.39, 0.29) is 18.2 Å². The van der Waals surface area contributed by atoms with Gasteiger partial charge in [-0.2, -0.15) is 0 Å². The van der Waals surface area contributed by atoms with E-state index in [0.717, 1.165) is 0 Å². The van der Waals surface area contributed by atoms with Gasteiger partial charge < -0.3 is 14.3 Å². The molecule has 0 radical (unpaired) electrons. The van der Waals surface area contributed by atoms with Crippen molar-refractivity contribution in [2.24, 2.45) is 0 Å². The van der Waals surface area contributed by atoms with Crippen LogP contribution in [-0.4, -0.2) is 21.0 Å². The average molecular weight is 270 g/mol. The Bertz CT molecular complexity index is 692. The summed E-state index contributed by atoms with van der Waals surface area (Å²) in [6.45, 7) is 0.212. The number of rotatable bonds is 4. The zero-order valence-corrected chi connectivity index (χ0v) is 10.3. The van der Waals surface area contributed by atoms with Crippen LogP contribution in [0, 0.1) is 0 Å². The van der Waals surface area contributed by atoms with Gasteiger partial charge in [0.25, 0.3) is 5.91 Å². The highest BCUT2D eigenvalue weighted by Crippen LogP contribution is 2.19. The highest BCUT2D eigenvalue weighted by atomic mass is 16.5. The molecule has 3 heterocycles. The molecule has 0 saturated heterocycles. The van der Waals surface area contributed by atoms with E-state index in [4.69, 9.17) is 8.94 Å². The molecule has 7 nitrogen and oxygen atoms in total. The quantitative estimate of drug-likeness (QED) is 0.774. The Hall–Kier alpha value is -2.96. The predicted octanol–water partition coefficient (Wildman–Crippen LogP) is 1.65. The van der Waals surface area contributed by atoms with E-state index in [1.54, 1.807) is 30.8 Å². The molecule has 0 saturated carbocycles. The van der Waals surface area contributed by atoms with Gasteiger partial charge in [-0.15, -0.1) is 0 Å². The molecule has 0 aliphatic carbocycles. The van der Waals surface area contributed by atoms with Crippen LogP contribution in [0.2, 0.25) is 0 Å². The molecule has 3 rings (SSSR count). The van der Waals surface area contributed by atoms with Gasteiger partial charge in [0.05, 0.1) is 24.7 Å². The van der Waals surface area contributed by atoms with Crippen LogP contribution in [0.25, 0.3) is 11.5 Å². The lowest BCUT2D eigenvalue weighted by atomic mass is 10.2. The zero-order valence-electron chi connectivity index (χ0n) is 10.3. The summed E-state index contributed by atoms with van der Waals surface area (Å²) < 4.78 is 10.1. The number of nitrogens with zero attached hydrogens (tertiary/aromatic N) is 3. The second-order valence-corrected chi connectivity index (χ2v) is 3.89. The number of carbonyl (C=O) groups excluding carboxylic acids is 1. The second kappa shape index (κ2) is 5.35. The lowest BCUT2D eigenvalue weighted by molar-refractivity contribution is 0.0913. The fraction of sp³-hybridized carbons (Fsp3) is 0.0769. The monoisotopic (exact) mass is 270 g/mol. The molecule has 0 unspecified atom stereocenters. The smallest absolute Gasteiger partial charge is 0.290 e. The van der Waals surface area contributed by atoms with Crippen LogP contribution in [0.15, 0.2) is 52.0 Å². The third kappa shape index (κ3) is 2.41. The summed E-state index contributed by atoms with van der Waals surface area (Å²) in [5, 5.41) is 6.16. The van der Waals surface area contributed by atoms with Crippen molar-refractivity contribution in [1.82, 2.24) is 20.4 Å². The summed E-state index contributed by atoms with van der Waals surface area (Å²) in [5.74, 6) is 0.383. The standard InChI is InChI=1S/C13H10N4O3/c18-13(11-3-4-17-20-11)16-8-9-12(15-6-5-14-9)10-2-1-7-19-10/h1-7H,8H2,(H,16,18). The van der Waals surface area contributed by atoms with Crippen molar-refractivity contribution >= 4 is 5.91 Å². The van der Waals surface area contributed by atoms with Crippen LogP contribution in [0.1, 0.15) is 16.2 Å². The van der Waals surface area contributed by atoms with E-state index in [0.29, 0.717) is 17.1 Å². The fourth-order valence-electron chi connectivity index (χ4n) is 1.70. The number of carbonyl (C=O) groups is 1. The van der Waals surface area contributed by atoms with Crippen LogP contribution in [0.3, 0.4) is 0 Å². The molecule has 1 amide bonds. The molecule has 0 atom stereocenters. The Balaban J connectivity index is 1.77. The predicted molar refractivity (Wildman–Crippen MR) is 67.4 cm³/mol. The Morgan fingerprint density at radius 3 is 2.85 bits per heavy atom. The number of furan rings is 1. The maximum atomic E-state index is 11.8. The van der Waals surface area contributed by atoms with Gasteiger partial charge in [0.15, 0.2) is 5.76 Å². The lowest BCUT2D eigenvalue weighted by Gasteiger charge is -2.05. The third-order valence-electron chi connectivity index (χ3n) is 2.61. The molecule has 1 N–H and O–H groups in total. The van der Waals surface area contributed by atoms with Crippen molar-refractivity contribution in [2.75, 3.05) is 0 Å². The fourth-order valence-corrected chi connectivity index (χ4v) is 1.70. The summed E-state index contributed by atoms with van der Waals surface area (Å²) in [6, 6.07) is 5.03. The second-order valence-electron chi connectivity index (χ2n) is 3.89. The van der Waals surface area contributed by atoms with Crippen molar-refractivity contribution in [3.05, 3.63) is 54.5 Å². The molecule has 100 valence electrons. The van der Waals surface area contributed by atoms with Crippen molar-refractivity contribution in [3.63, 3.8) is 0 Å². The van der Waals surface area contributed by atoms with Gasteiger partial charge in [-0.25, -0.2) is 4.98 Å². The summed E-state index contributed by atoms with van der Waals surface area (Å²) in [4.78, 5) is 20.2. The van der Waals surface area contributed by atoms with Crippen LogP contribution in [0.5, 0.6) is 0 Å². The van der Waals surface area contributed by atoms with Gasteiger partial charge in [0, 0.05) is 18.5 Å². The van der Waals surface area contributed by atoms with Gasteiger partial charge in [-0.05, 0) is 12.1 Å². The molecule has 0 spiro atoms. The molecule has 0 bridgehead atoms. The molecule has 0 aliphatic heterocycles. The molecular weight excluding hydrogens is 260 g/mol. The Kier molecular flexibility index (Phi) is 3.24. The van der Waals surface area contributed by atoms with Crippen LogP contribution in [0.4, 0.5) is 0 Å². The number of hydrogen-bond donors (Lipinski definition) is 1. The van der Waals surface area contributed by atoms with Crippen LogP contribution in [-0.2, 0) is 6.54 Å². The molecule has 0 fully saturated rings. The van der Waals surface area contributed by atoms with E-state index in [9.17, 15) is 4.79 Å². The molecule has 0 aromatic carbocycles. The van der Waals surface area contributed by atoms with E-state index < -0.39 is 0 Å². The minimum atomic E-state index is -0.362. The first kappa shape index (κ1) is 12.1. The van der Waals surface area contributed by atoms with Gasteiger partial charge in [-0.1, -0.05) is 5.16 Å². The largest absolute Gasteiger partial charge is 0.463 e. The molecule has 20 heavy (non-hydrogen) atoms. The van der Waals surface area contributed by atoms with Gasteiger partial charge in [0.2, 0.25) is 5.76 Å². The first-order chi connectivity index (χ1) is 9.84. The number of amides is 1. The SMILES string of the molecule is O=C(NCc1nccnc1-c1ccco1)c1ccno1. The third-order valence-corrected chi connectivity index (χ3v) is 2.61. The minimum Gasteiger partial charge on any atom is -0.463 e. The molecule has 0 aliphatic rings. The van der Waals surface area contributed by atoms with E-state index >= 15 is 0 Å². The van der Waals surface area contributed by atoms with Crippen molar-refractivity contribution in [2.45, 2.75) is 6.54 Å². The van der Waals surface area contributed by atoms with Gasteiger partial charge in [0.1, 0.15) is 5.69 Å². The normalized spacial score (nSPS) is 10.4. The number of nitrogens with one attached hydrogen (secondary N) is 1. The topological polar surface area (TPSA) is 94.1 Å². The maximum absolute atomic E-state index is 11.8. The summed E-state index contributed by atoms with van der Waals surface area (Å²) in [6.07, 6.45) is 6.09. The van der Waals surface area contributed by atoms with Gasteiger partial charge in [-0.3, -0.25) is 9.78 Å². The van der Waals surface area contributed by atoms with E-state index in [1.165, 1.54) is 12.3 Å². The Labute approximate surface area is 113 Å². The van der Waals surface area contributed by atoms with Crippen molar-refractivity contribution < 1.29 is 13.7 Å². The molecule has 3 aromatic heterocycles. The van der Waals surface area contributed by atoms with Gasteiger partial charge >= 0.3 is 0 Å². The Morgan fingerprint density at radius 1 is 1.20 bits per heavy atom. The van der Waals surface area contributed by atoms with E-state index in [1.807, 2.05) is 0 Å². The first-order valence-electron chi connectivity index (χ1n) is 5.87. The molecule has 3 aromatic rings. The van der Waals surface area contributed by atoms with Crippen molar-refractivity contribution in [1.29, 1.82) is 0 Å². The first-order valence-corrected chi connectivity index (χ1v) is 5.87. The number of hydrogen-bond acceptors (Lipinski definition) is 6. The highest BCUT2D eigenvalue weighted by molar-refractivity contribution is 5.91. The summed E-state index contributed by atoms with van der Waals surface area (Å²) >= 11 is 0. The maximum Gasteiger partial charge on any atom is 0.290 e.